The minimum absolute atomic E-state index is 0.258. The molecule has 3 heteroatoms. The number of hydrogen-bond donors (Lipinski definition) is 0. The van der Waals surface area contributed by atoms with Crippen LogP contribution in [0.3, 0.4) is 0 Å². The van der Waals surface area contributed by atoms with E-state index >= 15 is 0 Å². The van der Waals surface area contributed by atoms with Gasteiger partial charge >= 0.3 is 0 Å². The van der Waals surface area contributed by atoms with Crippen LogP contribution in [0, 0.1) is 0 Å². The molecule has 0 aliphatic rings. The Labute approximate surface area is 72.5 Å². The second-order valence-corrected chi connectivity index (χ2v) is 2.60. The molecule has 1 aromatic heterocycles. The second kappa shape index (κ2) is 4.18. The average molecular weight is 168 g/mol. The summed E-state index contributed by atoms with van der Waals surface area (Å²) in [5, 5.41) is 0. The lowest BCUT2D eigenvalue weighted by molar-refractivity contribution is -0.671. The van der Waals surface area contributed by atoms with Crippen molar-refractivity contribution >= 4 is 0 Å². The topological polar surface area (TPSA) is 22.3 Å². The molecule has 0 bridgehead atoms. The first kappa shape index (κ1) is 9.16. The van der Waals surface area contributed by atoms with Gasteiger partial charge in [0.1, 0.15) is 7.05 Å². The average Bonchev–Trinajstić information content (AvgIpc) is 2.10. The molecule has 0 saturated heterocycles. The Morgan fingerprint density at radius 3 is 2.08 bits per heavy atom. The second-order valence-electron chi connectivity index (χ2n) is 2.60. The summed E-state index contributed by atoms with van der Waals surface area (Å²) in [6.07, 6.45) is 3.66. The summed E-state index contributed by atoms with van der Waals surface area (Å²) in [6, 6.07) is 3.94. The lowest BCUT2D eigenvalue weighted by Gasteiger charge is -2.11. The van der Waals surface area contributed by atoms with Crippen LogP contribution in [-0.4, -0.2) is 14.2 Å². The Morgan fingerprint density at radius 2 is 1.67 bits per heavy atom. The fourth-order valence-electron chi connectivity index (χ4n) is 1.04. The summed E-state index contributed by atoms with van der Waals surface area (Å²) in [5.41, 5.74) is 1.03. The molecule has 0 radical (unpaired) electrons. The highest BCUT2D eigenvalue weighted by atomic mass is 16.7. The van der Waals surface area contributed by atoms with E-state index in [-0.39, 0.29) is 6.29 Å². The van der Waals surface area contributed by atoms with Crippen molar-refractivity contribution in [1.29, 1.82) is 0 Å². The van der Waals surface area contributed by atoms with Gasteiger partial charge in [0.05, 0.1) is 0 Å². The number of aromatic nitrogens is 1. The molecule has 0 amide bonds. The zero-order valence-electron chi connectivity index (χ0n) is 7.65. The van der Waals surface area contributed by atoms with Gasteiger partial charge in [-0.05, 0) is 0 Å². The first-order valence-corrected chi connectivity index (χ1v) is 3.78. The highest BCUT2D eigenvalue weighted by Gasteiger charge is 2.08. The molecule has 0 atom stereocenters. The van der Waals surface area contributed by atoms with Crippen LogP contribution in [0.15, 0.2) is 24.5 Å². The number of methoxy groups -OCH3 is 2. The van der Waals surface area contributed by atoms with Gasteiger partial charge in [0.2, 0.25) is 0 Å². The molecule has 1 aromatic rings. The molecule has 0 aliphatic heterocycles. The monoisotopic (exact) mass is 168 g/mol. The maximum atomic E-state index is 5.09. The summed E-state index contributed by atoms with van der Waals surface area (Å²) in [4.78, 5) is 0. The third kappa shape index (κ3) is 2.03. The summed E-state index contributed by atoms with van der Waals surface area (Å²) >= 11 is 0. The van der Waals surface area contributed by atoms with Crippen molar-refractivity contribution in [2.24, 2.45) is 7.05 Å². The molecule has 12 heavy (non-hydrogen) atoms. The van der Waals surface area contributed by atoms with Gasteiger partial charge in [-0.1, -0.05) is 0 Å². The molecule has 1 rings (SSSR count). The number of ether oxygens (including phenoxy) is 2. The van der Waals surface area contributed by atoms with Gasteiger partial charge < -0.3 is 9.47 Å². The van der Waals surface area contributed by atoms with Gasteiger partial charge in [-0.25, -0.2) is 4.57 Å². The lowest BCUT2D eigenvalue weighted by Crippen LogP contribution is -2.26. The molecule has 0 saturated carbocycles. The molecular formula is C9H14NO2+. The SMILES string of the molecule is COC(OC)c1cc[n+](C)cc1. The number of nitrogens with zero attached hydrogens (tertiary/aromatic N) is 1. The van der Waals surface area contributed by atoms with Crippen LogP contribution in [0.25, 0.3) is 0 Å². The van der Waals surface area contributed by atoms with E-state index in [0.717, 1.165) is 5.56 Å². The Morgan fingerprint density at radius 1 is 1.17 bits per heavy atom. The van der Waals surface area contributed by atoms with E-state index in [1.807, 2.05) is 36.1 Å². The molecule has 0 aliphatic carbocycles. The van der Waals surface area contributed by atoms with E-state index in [0.29, 0.717) is 0 Å². The maximum Gasteiger partial charge on any atom is 0.183 e. The molecule has 0 aromatic carbocycles. The van der Waals surface area contributed by atoms with Crippen LogP contribution in [0.2, 0.25) is 0 Å². The van der Waals surface area contributed by atoms with Crippen molar-refractivity contribution in [3.8, 4) is 0 Å². The Kier molecular flexibility index (Phi) is 3.19. The third-order valence-corrected chi connectivity index (χ3v) is 1.70. The predicted octanol–water partition coefficient (Wildman–Crippen LogP) is 0.802. The number of pyridine rings is 1. The van der Waals surface area contributed by atoms with Crippen LogP contribution in [0.5, 0.6) is 0 Å². The van der Waals surface area contributed by atoms with Crippen LogP contribution < -0.4 is 4.57 Å². The lowest BCUT2D eigenvalue weighted by atomic mass is 10.2. The van der Waals surface area contributed by atoms with E-state index in [1.54, 1.807) is 14.2 Å². The first-order valence-electron chi connectivity index (χ1n) is 3.78. The van der Waals surface area contributed by atoms with Crippen LogP contribution in [0.1, 0.15) is 11.9 Å². The molecule has 0 unspecified atom stereocenters. The van der Waals surface area contributed by atoms with Crippen molar-refractivity contribution in [1.82, 2.24) is 0 Å². The van der Waals surface area contributed by atoms with E-state index in [2.05, 4.69) is 0 Å². The Bertz CT molecular complexity index is 229. The quantitative estimate of drug-likeness (QED) is 0.492. The molecule has 0 N–H and O–H groups in total. The summed E-state index contributed by atoms with van der Waals surface area (Å²) in [7, 11) is 5.22. The standard InChI is InChI=1S/C9H14NO2/c1-10-6-4-8(5-7-10)9(11-2)12-3/h4-7,9H,1-3H3/q+1. The molecule has 3 nitrogen and oxygen atoms in total. The van der Waals surface area contributed by atoms with Gasteiger partial charge in [-0.3, -0.25) is 0 Å². The molecule has 0 spiro atoms. The van der Waals surface area contributed by atoms with Gasteiger partial charge in [0.25, 0.3) is 0 Å². The van der Waals surface area contributed by atoms with E-state index in [1.165, 1.54) is 0 Å². The number of hydrogen-bond acceptors (Lipinski definition) is 2. The van der Waals surface area contributed by atoms with E-state index < -0.39 is 0 Å². The van der Waals surface area contributed by atoms with Crippen molar-refractivity contribution in [3.63, 3.8) is 0 Å². The summed E-state index contributed by atoms with van der Waals surface area (Å²) < 4.78 is 12.2. The third-order valence-electron chi connectivity index (χ3n) is 1.70. The highest BCUT2D eigenvalue weighted by Crippen LogP contribution is 2.14. The zero-order valence-corrected chi connectivity index (χ0v) is 7.65. The maximum absolute atomic E-state index is 5.09. The number of rotatable bonds is 3. The predicted molar refractivity (Wildman–Crippen MR) is 44.4 cm³/mol. The molecule has 1 heterocycles. The van der Waals surface area contributed by atoms with E-state index in [4.69, 9.17) is 9.47 Å². The highest BCUT2D eigenvalue weighted by molar-refractivity contribution is 5.08. The minimum Gasteiger partial charge on any atom is -0.352 e. The van der Waals surface area contributed by atoms with Crippen LogP contribution in [0.4, 0.5) is 0 Å². The summed E-state index contributed by atoms with van der Waals surface area (Å²) in [6.45, 7) is 0. The fourth-order valence-corrected chi connectivity index (χ4v) is 1.04. The van der Waals surface area contributed by atoms with Gasteiger partial charge in [0.15, 0.2) is 18.7 Å². The van der Waals surface area contributed by atoms with Crippen molar-refractivity contribution < 1.29 is 14.0 Å². The number of aryl methyl sites for hydroxylation is 1. The smallest absolute Gasteiger partial charge is 0.183 e. The van der Waals surface area contributed by atoms with Gasteiger partial charge in [-0.2, -0.15) is 0 Å². The summed E-state index contributed by atoms with van der Waals surface area (Å²) in [5.74, 6) is 0. The Hall–Kier alpha value is -0.930. The van der Waals surface area contributed by atoms with Crippen LogP contribution in [-0.2, 0) is 16.5 Å². The fraction of sp³-hybridized carbons (Fsp3) is 0.444. The van der Waals surface area contributed by atoms with Crippen molar-refractivity contribution in [3.05, 3.63) is 30.1 Å². The van der Waals surface area contributed by atoms with Gasteiger partial charge in [-0.15, -0.1) is 0 Å². The van der Waals surface area contributed by atoms with Crippen molar-refractivity contribution in [2.45, 2.75) is 6.29 Å². The normalized spacial score (nSPS) is 10.7. The van der Waals surface area contributed by atoms with Crippen LogP contribution >= 0.6 is 0 Å². The van der Waals surface area contributed by atoms with E-state index in [9.17, 15) is 0 Å². The largest absolute Gasteiger partial charge is 0.352 e. The molecule has 0 fully saturated rings. The van der Waals surface area contributed by atoms with Gasteiger partial charge in [0, 0.05) is 31.9 Å². The molecular weight excluding hydrogens is 154 g/mol. The van der Waals surface area contributed by atoms with Crippen molar-refractivity contribution in [2.75, 3.05) is 14.2 Å². The first-order chi connectivity index (χ1) is 5.77. The Balaban J connectivity index is 2.80. The molecule has 66 valence electrons. The minimum atomic E-state index is -0.258. The zero-order chi connectivity index (χ0) is 8.97.